The fourth-order valence-corrected chi connectivity index (χ4v) is 2.36. The quantitative estimate of drug-likeness (QED) is 0.834. The van der Waals surface area contributed by atoms with Crippen molar-refractivity contribution in [2.75, 3.05) is 23.7 Å². The van der Waals surface area contributed by atoms with E-state index in [2.05, 4.69) is 38.7 Å². The Labute approximate surface area is 110 Å². The second kappa shape index (κ2) is 4.71. The Hall–Kier alpha value is -1.38. The van der Waals surface area contributed by atoms with Crippen LogP contribution in [0.3, 0.4) is 0 Å². The van der Waals surface area contributed by atoms with Gasteiger partial charge in [0.05, 0.1) is 12.2 Å². The van der Waals surface area contributed by atoms with Crippen molar-refractivity contribution in [2.24, 2.45) is 5.92 Å². The van der Waals surface area contributed by atoms with E-state index in [1.54, 1.807) is 0 Å². The highest BCUT2D eigenvalue weighted by molar-refractivity contribution is 5.65. The molecule has 100 valence electrons. The summed E-state index contributed by atoms with van der Waals surface area (Å²) in [4.78, 5) is 2.41. The maximum atomic E-state index is 6.02. The minimum absolute atomic E-state index is 0.155. The molecular formula is C15H24N2O. The molecule has 0 spiro atoms. The number of nitrogens with zero attached hydrogens (tertiary/aromatic N) is 1. The van der Waals surface area contributed by atoms with Crippen molar-refractivity contribution in [1.82, 2.24) is 0 Å². The zero-order chi connectivity index (χ0) is 13.3. The molecule has 0 fully saturated rings. The molecule has 0 saturated carbocycles. The fourth-order valence-electron chi connectivity index (χ4n) is 2.36. The van der Waals surface area contributed by atoms with E-state index in [0.29, 0.717) is 5.92 Å². The third kappa shape index (κ3) is 2.89. The summed E-state index contributed by atoms with van der Waals surface area (Å²) in [7, 11) is 0. The van der Waals surface area contributed by atoms with Crippen LogP contribution in [-0.2, 0) is 0 Å². The summed E-state index contributed by atoms with van der Waals surface area (Å²) in [5, 5.41) is 0. The Balaban J connectivity index is 2.26. The molecule has 0 unspecified atom stereocenters. The Morgan fingerprint density at radius 1 is 1.39 bits per heavy atom. The lowest BCUT2D eigenvalue weighted by Crippen LogP contribution is -2.47. The molecule has 2 rings (SSSR count). The first-order valence-corrected chi connectivity index (χ1v) is 6.71. The molecule has 0 saturated heterocycles. The van der Waals surface area contributed by atoms with Crippen LogP contribution in [0.25, 0.3) is 0 Å². The van der Waals surface area contributed by atoms with Gasteiger partial charge in [-0.1, -0.05) is 13.8 Å². The van der Waals surface area contributed by atoms with Crippen molar-refractivity contribution in [2.45, 2.75) is 39.7 Å². The molecule has 1 aromatic carbocycles. The molecule has 1 aromatic rings. The van der Waals surface area contributed by atoms with E-state index in [1.165, 1.54) is 12.1 Å². The normalized spacial score (nSPS) is 17.5. The SMILES string of the molecule is CC(C)CCN1CC(C)(C)Oc2cc(N)ccc21. The van der Waals surface area contributed by atoms with Crippen LogP contribution >= 0.6 is 0 Å². The second-order valence-electron chi connectivity index (χ2n) is 6.19. The molecule has 3 heteroatoms. The summed E-state index contributed by atoms with van der Waals surface area (Å²) in [6.07, 6.45) is 1.19. The summed E-state index contributed by atoms with van der Waals surface area (Å²) < 4.78 is 6.02. The molecule has 0 aromatic heterocycles. The van der Waals surface area contributed by atoms with Crippen LogP contribution in [0.1, 0.15) is 34.1 Å². The van der Waals surface area contributed by atoms with E-state index in [0.717, 1.165) is 24.5 Å². The van der Waals surface area contributed by atoms with Gasteiger partial charge < -0.3 is 15.4 Å². The highest BCUT2D eigenvalue weighted by Crippen LogP contribution is 2.38. The largest absolute Gasteiger partial charge is 0.484 e. The van der Waals surface area contributed by atoms with Gasteiger partial charge in [0, 0.05) is 18.3 Å². The van der Waals surface area contributed by atoms with Crippen LogP contribution in [0, 0.1) is 5.92 Å². The first-order chi connectivity index (χ1) is 8.37. The van der Waals surface area contributed by atoms with Gasteiger partial charge in [-0.25, -0.2) is 0 Å². The summed E-state index contributed by atoms with van der Waals surface area (Å²) in [5.41, 5.74) is 7.61. The predicted octanol–water partition coefficient (Wildman–Crippen LogP) is 3.29. The number of fused-ring (bicyclic) bond motifs is 1. The maximum absolute atomic E-state index is 6.02. The first kappa shape index (κ1) is 13.1. The molecule has 2 N–H and O–H groups in total. The van der Waals surface area contributed by atoms with Gasteiger partial charge in [-0.2, -0.15) is 0 Å². The summed E-state index contributed by atoms with van der Waals surface area (Å²) >= 11 is 0. The average Bonchev–Trinajstić information content (AvgIpc) is 2.23. The average molecular weight is 248 g/mol. The Bertz CT molecular complexity index is 427. The predicted molar refractivity (Wildman–Crippen MR) is 77.2 cm³/mol. The smallest absolute Gasteiger partial charge is 0.145 e. The maximum Gasteiger partial charge on any atom is 0.145 e. The Morgan fingerprint density at radius 2 is 2.11 bits per heavy atom. The molecule has 18 heavy (non-hydrogen) atoms. The number of nitrogen functional groups attached to an aromatic ring is 1. The van der Waals surface area contributed by atoms with Crippen LogP contribution in [-0.4, -0.2) is 18.7 Å². The van der Waals surface area contributed by atoms with Crippen molar-refractivity contribution >= 4 is 11.4 Å². The van der Waals surface area contributed by atoms with Crippen LogP contribution in [0.15, 0.2) is 18.2 Å². The van der Waals surface area contributed by atoms with E-state index in [-0.39, 0.29) is 5.60 Å². The first-order valence-electron chi connectivity index (χ1n) is 6.71. The minimum atomic E-state index is -0.155. The van der Waals surface area contributed by atoms with Crippen molar-refractivity contribution < 1.29 is 4.74 Å². The van der Waals surface area contributed by atoms with Crippen molar-refractivity contribution in [3.05, 3.63) is 18.2 Å². The summed E-state index contributed by atoms with van der Waals surface area (Å²) in [6.45, 7) is 10.8. The minimum Gasteiger partial charge on any atom is -0.484 e. The molecule has 1 heterocycles. The highest BCUT2D eigenvalue weighted by Gasteiger charge is 2.31. The standard InChI is InChI=1S/C15H24N2O/c1-11(2)7-8-17-10-15(3,4)18-14-9-12(16)5-6-13(14)17/h5-6,9,11H,7-8,10,16H2,1-4H3. The number of hydrogen-bond acceptors (Lipinski definition) is 3. The lowest BCUT2D eigenvalue weighted by Gasteiger charge is -2.41. The fraction of sp³-hybridized carbons (Fsp3) is 0.600. The number of rotatable bonds is 3. The van der Waals surface area contributed by atoms with E-state index in [9.17, 15) is 0 Å². The Kier molecular flexibility index (Phi) is 3.42. The van der Waals surface area contributed by atoms with Crippen LogP contribution in [0.5, 0.6) is 5.75 Å². The van der Waals surface area contributed by atoms with Gasteiger partial charge in [-0.15, -0.1) is 0 Å². The molecule has 1 aliphatic rings. The molecule has 0 bridgehead atoms. The molecule has 0 amide bonds. The summed E-state index contributed by atoms with van der Waals surface area (Å²) in [6, 6.07) is 5.95. The van der Waals surface area contributed by atoms with Gasteiger partial charge in [0.25, 0.3) is 0 Å². The second-order valence-corrected chi connectivity index (χ2v) is 6.19. The van der Waals surface area contributed by atoms with Gasteiger partial charge in [0.1, 0.15) is 11.4 Å². The molecule has 0 aliphatic carbocycles. The van der Waals surface area contributed by atoms with Gasteiger partial charge >= 0.3 is 0 Å². The number of anilines is 2. The van der Waals surface area contributed by atoms with Crippen molar-refractivity contribution in [3.63, 3.8) is 0 Å². The molecule has 1 aliphatic heterocycles. The topological polar surface area (TPSA) is 38.5 Å². The van der Waals surface area contributed by atoms with E-state index in [1.807, 2.05) is 12.1 Å². The molecule has 0 atom stereocenters. The number of nitrogens with two attached hydrogens (primary N) is 1. The van der Waals surface area contributed by atoms with E-state index in [4.69, 9.17) is 10.5 Å². The van der Waals surface area contributed by atoms with Gasteiger partial charge in [0.2, 0.25) is 0 Å². The third-order valence-electron chi connectivity index (χ3n) is 3.26. The van der Waals surface area contributed by atoms with E-state index >= 15 is 0 Å². The van der Waals surface area contributed by atoms with Crippen molar-refractivity contribution in [1.29, 1.82) is 0 Å². The van der Waals surface area contributed by atoms with E-state index < -0.39 is 0 Å². The van der Waals surface area contributed by atoms with Crippen LogP contribution < -0.4 is 15.4 Å². The molecule has 3 nitrogen and oxygen atoms in total. The van der Waals surface area contributed by atoms with Crippen LogP contribution in [0.4, 0.5) is 11.4 Å². The van der Waals surface area contributed by atoms with Crippen molar-refractivity contribution in [3.8, 4) is 5.75 Å². The highest BCUT2D eigenvalue weighted by atomic mass is 16.5. The van der Waals surface area contributed by atoms with Gasteiger partial charge in [0.15, 0.2) is 0 Å². The lowest BCUT2D eigenvalue weighted by molar-refractivity contribution is 0.105. The monoisotopic (exact) mass is 248 g/mol. The number of ether oxygens (including phenoxy) is 1. The van der Waals surface area contributed by atoms with Gasteiger partial charge in [-0.05, 0) is 38.3 Å². The molecular weight excluding hydrogens is 224 g/mol. The third-order valence-corrected chi connectivity index (χ3v) is 3.26. The number of benzene rings is 1. The van der Waals surface area contributed by atoms with Crippen LogP contribution in [0.2, 0.25) is 0 Å². The zero-order valence-electron chi connectivity index (χ0n) is 11.9. The van der Waals surface area contributed by atoms with Gasteiger partial charge in [-0.3, -0.25) is 0 Å². The molecule has 0 radical (unpaired) electrons. The number of hydrogen-bond donors (Lipinski definition) is 1. The lowest BCUT2D eigenvalue weighted by atomic mass is 10.0. The Morgan fingerprint density at radius 3 is 2.78 bits per heavy atom. The zero-order valence-corrected chi connectivity index (χ0v) is 11.9. The summed E-state index contributed by atoms with van der Waals surface area (Å²) in [5.74, 6) is 1.63.